The summed E-state index contributed by atoms with van der Waals surface area (Å²) in [5.74, 6) is 0.512. The van der Waals surface area contributed by atoms with Gasteiger partial charge in [0.05, 0.1) is 0 Å². The first-order valence-corrected chi connectivity index (χ1v) is 15.3. The van der Waals surface area contributed by atoms with E-state index in [4.69, 9.17) is 0 Å². The quantitative estimate of drug-likeness (QED) is 0.152. The normalized spacial score (nSPS) is 18.9. The van der Waals surface area contributed by atoms with Crippen LogP contribution < -0.4 is 0 Å². The topological polar surface area (TPSA) is 0 Å². The number of hydrogen-bond acceptors (Lipinski definition) is 0. The van der Waals surface area contributed by atoms with Gasteiger partial charge in [-0.05, 0) is 104 Å². The summed E-state index contributed by atoms with van der Waals surface area (Å²) in [7, 11) is 0. The highest BCUT2D eigenvalue weighted by Gasteiger charge is 2.26. The Kier molecular flexibility index (Phi) is 16.9. The molecule has 0 aliphatic heterocycles. The molecule has 0 fully saturated rings. The molecule has 1 rings (SSSR count). The van der Waals surface area contributed by atoms with Crippen LogP contribution in [0, 0.1) is 11.3 Å². The van der Waals surface area contributed by atoms with Gasteiger partial charge in [0.25, 0.3) is 0 Å². The zero-order valence-electron chi connectivity index (χ0n) is 27.5. The standard InChI is InChI=1S/C40H58/c1-32(2)18-13-21-35(5)24-15-26-36(6)25-14-22-33(3)19-11-12-20-34(4)23-16-27-37(7)29-30-39-38(8)28-17-31-40(39,9)10/h11-12,14-16,18-19,22-27,29-30,34H,13,17,20-21,28,31H2,1-10H3. The molecular weight excluding hydrogens is 480 g/mol. The monoisotopic (exact) mass is 538 g/mol. The van der Waals surface area contributed by atoms with Crippen molar-refractivity contribution in [3.8, 4) is 0 Å². The lowest BCUT2D eigenvalue weighted by atomic mass is 9.72. The highest BCUT2D eigenvalue weighted by atomic mass is 14.3. The second-order valence-electron chi connectivity index (χ2n) is 12.6. The van der Waals surface area contributed by atoms with Crippen LogP contribution in [0.5, 0.6) is 0 Å². The maximum absolute atomic E-state index is 2.38. The van der Waals surface area contributed by atoms with Crippen LogP contribution in [0.1, 0.15) is 108 Å². The predicted molar refractivity (Wildman–Crippen MR) is 184 cm³/mol. The average molecular weight is 539 g/mol. The van der Waals surface area contributed by atoms with Crippen LogP contribution in [-0.2, 0) is 0 Å². The van der Waals surface area contributed by atoms with Gasteiger partial charge in [-0.3, -0.25) is 0 Å². The SMILES string of the molecule is CC(C)=CCCC(C)=CC=CC(C)=CC=CC(C)=CC=CCC(C)C=CC=C(C)C=CC1=C(C)CCCC1(C)C. The Morgan fingerprint density at radius 2 is 1.40 bits per heavy atom. The summed E-state index contributed by atoms with van der Waals surface area (Å²) >= 11 is 0. The zero-order valence-corrected chi connectivity index (χ0v) is 27.5. The second kappa shape index (κ2) is 19.3. The maximum Gasteiger partial charge on any atom is -0.0104 e. The molecular formula is C40H58. The first-order valence-electron chi connectivity index (χ1n) is 15.3. The van der Waals surface area contributed by atoms with E-state index >= 15 is 0 Å². The third-order valence-corrected chi connectivity index (χ3v) is 7.41. The summed E-state index contributed by atoms with van der Waals surface area (Å²) in [4.78, 5) is 0. The molecule has 0 amide bonds. The van der Waals surface area contributed by atoms with Crippen molar-refractivity contribution in [3.05, 3.63) is 130 Å². The Labute approximate surface area is 248 Å². The Morgan fingerprint density at radius 3 is 2.05 bits per heavy atom. The predicted octanol–water partition coefficient (Wildman–Crippen LogP) is 12.9. The summed E-state index contributed by atoms with van der Waals surface area (Å²) in [6.45, 7) is 22.3. The third-order valence-electron chi connectivity index (χ3n) is 7.41. The Bertz CT molecular complexity index is 1120. The van der Waals surface area contributed by atoms with E-state index in [2.05, 4.69) is 160 Å². The molecule has 0 spiro atoms. The van der Waals surface area contributed by atoms with Gasteiger partial charge < -0.3 is 0 Å². The van der Waals surface area contributed by atoms with Gasteiger partial charge in [0.15, 0.2) is 0 Å². The lowest BCUT2D eigenvalue weighted by Gasteiger charge is -2.32. The fourth-order valence-corrected chi connectivity index (χ4v) is 4.77. The van der Waals surface area contributed by atoms with Crippen LogP contribution in [0.2, 0.25) is 0 Å². The first kappa shape index (κ1) is 35.2. The van der Waals surface area contributed by atoms with Gasteiger partial charge in [-0.15, -0.1) is 0 Å². The molecule has 1 aliphatic carbocycles. The first-order chi connectivity index (χ1) is 18.9. The minimum absolute atomic E-state index is 0.299. The fraction of sp³-hybridized carbons (Fsp3) is 0.450. The zero-order chi connectivity index (χ0) is 30.0. The molecule has 0 bridgehead atoms. The smallest absolute Gasteiger partial charge is 0.0104 e. The van der Waals surface area contributed by atoms with Crippen molar-refractivity contribution in [2.24, 2.45) is 11.3 Å². The largest absolute Gasteiger partial charge is 0.0856 e. The lowest BCUT2D eigenvalue weighted by Crippen LogP contribution is -2.19. The molecule has 0 nitrogen and oxygen atoms in total. The van der Waals surface area contributed by atoms with Crippen molar-refractivity contribution in [2.45, 2.75) is 108 Å². The van der Waals surface area contributed by atoms with Crippen molar-refractivity contribution in [1.82, 2.24) is 0 Å². The molecule has 0 aromatic carbocycles. The van der Waals surface area contributed by atoms with Gasteiger partial charge in [-0.25, -0.2) is 0 Å². The number of hydrogen-bond donors (Lipinski definition) is 0. The van der Waals surface area contributed by atoms with Crippen molar-refractivity contribution in [2.75, 3.05) is 0 Å². The summed E-state index contributed by atoms with van der Waals surface area (Å²) in [5.41, 5.74) is 9.99. The molecule has 1 atom stereocenters. The van der Waals surface area contributed by atoms with E-state index in [0.717, 1.165) is 19.3 Å². The number of rotatable bonds is 14. The van der Waals surface area contributed by atoms with Crippen molar-refractivity contribution in [1.29, 1.82) is 0 Å². The van der Waals surface area contributed by atoms with Crippen molar-refractivity contribution >= 4 is 0 Å². The van der Waals surface area contributed by atoms with Gasteiger partial charge in [0.2, 0.25) is 0 Å². The van der Waals surface area contributed by atoms with Crippen molar-refractivity contribution < 1.29 is 0 Å². The lowest BCUT2D eigenvalue weighted by molar-refractivity contribution is 0.377. The van der Waals surface area contributed by atoms with E-state index < -0.39 is 0 Å². The van der Waals surface area contributed by atoms with Crippen LogP contribution in [0.4, 0.5) is 0 Å². The summed E-state index contributed by atoms with van der Waals surface area (Å²) in [6, 6.07) is 0. The van der Waals surface area contributed by atoms with E-state index in [1.807, 2.05) is 0 Å². The van der Waals surface area contributed by atoms with Gasteiger partial charge in [0, 0.05) is 0 Å². The third kappa shape index (κ3) is 16.3. The van der Waals surface area contributed by atoms with Crippen molar-refractivity contribution in [3.63, 3.8) is 0 Å². The number of allylic oxidation sites excluding steroid dienone is 22. The average Bonchev–Trinajstić information content (AvgIpc) is 2.85. The minimum atomic E-state index is 0.299. The molecule has 0 saturated heterocycles. The van der Waals surface area contributed by atoms with Crippen LogP contribution in [-0.4, -0.2) is 0 Å². The highest BCUT2D eigenvalue weighted by molar-refractivity contribution is 5.36. The van der Waals surface area contributed by atoms with E-state index in [-0.39, 0.29) is 0 Å². The molecule has 1 aliphatic rings. The Hall–Kier alpha value is -2.86. The molecule has 0 radical (unpaired) electrons. The summed E-state index contributed by atoms with van der Waals surface area (Å²) in [5, 5.41) is 0. The van der Waals surface area contributed by atoms with Crippen LogP contribution in [0.3, 0.4) is 0 Å². The fourth-order valence-electron chi connectivity index (χ4n) is 4.77. The highest BCUT2D eigenvalue weighted by Crippen LogP contribution is 2.40. The van der Waals surface area contributed by atoms with E-state index in [9.17, 15) is 0 Å². The molecule has 0 aromatic heterocycles. The molecule has 218 valence electrons. The molecule has 0 aromatic rings. The Balaban J connectivity index is 2.50. The van der Waals surface area contributed by atoms with Crippen LogP contribution in [0.15, 0.2) is 130 Å². The Morgan fingerprint density at radius 1 is 0.800 bits per heavy atom. The van der Waals surface area contributed by atoms with Crippen LogP contribution in [0.25, 0.3) is 0 Å². The molecule has 1 unspecified atom stereocenters. The van der Waals surface area contributed by atoms with Gasteiger partial charge in [-0.2, -0.15) is 0 Å². The van der Waals surface area contributed by atoms with Crippen LogP contribution >= 0.6 is 0 Å². The summed E-state index contributed by atoms with van der Waals surface area (Å²) in [6.07, 6.45) is 40.4. The van der Waals surface area contributed by atoms with Gasteiger partial charge in [0.1, 0.15) is 0 Å². The van der Waals surface area contributed by atoms with E-state index in [1.165, 1.54) is 52.7 Å². The molecule has 0 saturated carbocycles. The van der Waals surface area contributed by atoms with Gasteiger partial charge >= 0.3 is 0 Å². The van der Waals surface area contributed by atoms with Gasteiger partial charge in [-0.1, -0.05) is 145 Å². The summed E-state index contributed by atoms with van der Waals surface area (Å²) < 4.78 is 0. The second-order valence-corrected chi connectivity index (χ2v) is 12.6. The maximum atomic E-state index is 2.38. The molecule has 40 heavy (non-hydrogen) atoms. The van der Waals surface area contributed by atoms with E-state index in [0.29, 0.717) is 11.3 Å². The molecule has 0 N–H and O–H groups in total. The molecule has 0 heteroatoms. The molecule has 0 heterocycles. The minimum Gasteiger partial charge on any atom is -0.0856 e. The van der Waals surface area contributed by atoms with E-state index in [1.54, 1.807) is 5.57 Å².